The molecule has 0 radical (unpaired) electrons. The Morgan fingerprint density at radius 2 is 1.54 bits per heavy atom. The lowest BCUT2D eigenvalue weighted by molar-refractivity contribution is -0.116. The molecule has 0 bridgehead atoms. The van der Waals surface area contributed by atoms with Gasteiger partial charge in [0, 0.05) is 5.69 Å². The van der Waals surface area contributed by atoms with E-state index in [1.807, 2.05) is 36.4 Å². The van der Waals surface area contributed by atoms with E-state index in [-0.39, 0.29) is 0 Å². The SMILES string of the molecule is C[C@@H](C(=O)Nc1ccc2ccccc2c1)N(c1ccccc1)S(C)(=O)=O. The van der Waals surface area contributed by atoms with E-state index in [1.54, 1.807) is 43.3 Å². The van der Waals surface area contributed by atoms with Crippen LogP contribution in [0.1, 0.15) is 6.92 Å². The maximum atomic E-state index is 12.7. The Bertz CT molecular complexity index is 1030. The zero-order valence-corrected chi connectivity index (χ0v) is 15.4. The van der Waals surface area contributed by atoms with Gasteiger partial charge in [0.25, 0.3) is 0 Å². The monoisotopic (exact) mass is 368 g/mol. The smallest absolute Gasteiger partial charge is 0.247 e. The number of nitrogens with zero attached hydrogens (tertiary/aromatic N) is 1. The average Bonchev–Trinajstić information content (AvgIpc) is 2.61. The summed E-state index contributed by atoms with van der Waals surface area (Å²) in [7, 11) is -3.62. The van der Waals surface area contributed by atoms with Gasteiger partial charge in [0.2, 0.25) is 15.9 Å². The fraction of sp³-hybridized carbons (Fsp3) is 0.150. The Hall–Kier alpha value is -2.86. The van der Waals surface area contributed by atoms with Crippen LogP contribution in [-0.2, 0) is 14.8 Å². The van der Waals surface area contributed by atoms with Crippen LogP contribution in [0.2, 0.25) is 0 Å². The Kier molecular flexibility index (Phi) is 4.95. The summed E-state index contributed by atoms with van der Waals surface area (Å²) < 4.78 is 25.6. The minimum Gasteiger partial charge on any atom is -0.324 e. The number of para-hydroxylation sites is 1. The molecule has 1 atom stereocenters. The largest absolute Gasteiger partial charge is 0.324 e. The Morgan fingerprint density at radius 1 is 0.923 bits per heavy atom. The summed E-state index contributed by atoms with van der Waals surface area (Å²) in [6.45, 7) is 1.57. The molecule has 5 nitrogen and oxygen atoms in total. The van der Waals surface area contributed by atoms with E-state index in [1.165, 1.54) is 0 Å². The van der Waals surface area contributed by atoms with Gasteiger partial charge in [0.1, 0.15) is 6.04 Å². The number of rotatable bonds is 5. The molecule has 0 heterocycles. The molecule has 134 valence electrons. The average molecular weight is 368 g/mol. The Balaban J connectivity index is 1.87. The topological polar surface area (TPSA) is 66.5 Å². The Labute approximate surface area is 153 Å². The molecular formula is C20H20N2O3S. The van der Waals surface area contributed by atoms with Crippen LogP contribution < -0.4 is 9.62 Å². The fourth-order valence-corrected chi connectivity index (χ4v) is 4.07. The van der Waals surface area contributed by atoms with Crippen molar-refractivity contribution in [2.45, 2.75) is 13.0 Å². The zero-order chi connectivity index (χ0) is 18.7. The lowest BCUT2D eigenvalue weighted by atomic mass is 10.1. The number of benzene rings is 3. The van der Waals surface area contributed by atoms with Gasteiger partial charge in [-0.2, -0.15) is 0 Å². The highest BCUT2D eigenvalue weighted by Crippen LogP contribution is 2.22. The van der Waals surface area contributed by atoms with Gasteiger partial charge in [0.05, 0.1) is 11.9 Å². The molecule has 0 aliphatic heterocycles. The first-order chi connectivity index (χ1) is 12.4. The second-order valence-electron chi connectivity index (χ2n) is 6.12. The van der Waals surface area contributed by atoms with Crippen LogP contribution in [0.5, 0.6) is 0 Å². The molecule has 3 rings (SSSR count). The number of nitrogens with one attached hydrogen (secondary N) is 1. The van der Waals surface area contributed by atoms with Crippen molar-refractivity contribution in [2.75, 3.05) is 15.9 Å². The summed E-state index contributed by atoms with van der Waals surface area (Å²) in [4.78, 5) is 12.7. The summed E-state index contributed by atoms with van der Waals surface area (Å²) in [6.07, 6.45) is 1.10. The molecule has 0 unspecified atom stereocenters. The van der Waals surface area contributed by atoms with Gasteiger partial charge in [-0.1, -0.05) is 48.5 Å². The number of amides is 1. The van der Waals surface area contributed by atoms with Crippen molar-refractivity contribution in [3.8, 4) is 0 Å². The van der Waals surface area contributed by atoms with Crippen molar-refractivity contribution < 1.29 is 13.2 Å². The highest BCUT2D eigenvalue weighted by Gasteiger charge is 2.29. The molecule has 3 aromatic carbocycles. The molecule has 0 aliphatic carbocycles. The number of anilines is 2. The van der Waals surface area contributed by atoms with Gasteiger partial charge >= 0.3 is 0 Å². The van der Waals surface area contributed by atoms with Gasteiger partial charge in [0.15, 0.2) is 0 Å². The number of carbonyl (C=O) groups is 1. The molecular weight excluding hydrogens is 348 g/mol. The van der Waals surface area contributed by atoms with Crippen LogP contribution in [0.4, 0.5) is 11.4 Å². The minimum atomic E-state index is -3.62. The maximum Gasteiger partial charge on any atom is 0.247 e. The highest BCUT2D eigenvalue weighted by atomic mass is 32.2. The van der Waals surface area contributed by atoms with Crippen molar-refractivity contribution >= 4 is 38.1 Å². The molecule has 1 amide bonds. The van der Waals surface area contributed by atoms with E-state index in [9.17, 15) is 13.2 Å². The standard InChI is InChI=1S/C20H20N2O3S/c1-15(22(26(2,24)25)19-10-4-3-5-11-19)20(23)21-18-13-12-16-8-6-7-9-17(16)14-18/h3-15H,1-2H3,(H,21,23)/t15-/m0/s1. The third-order valence-corrected chi connectivity index (χ3v) is 5.36. The first-order valence-corrected chi connectivity index (χ1v) is 10.1. The van der Waals surface area contributed by atoms with Crippen molar-refractivity contribution in [3.05, 3.63) is 72.8 Å². The van der Waals surface area contributed by atoms with Crippen molar-refractivity contribution in [2.24, 2.45) is 0 Å². The minimum absolute atomic E-state index is 0.394. The van der Waals surface area contributed by atoms with E-state index in [2.05, 4.69) is 5.32 Å². The van der Waals surface area contributed by atoms with Crippen molar-refractivity contribution in [3.63, 3.8) is 0 Å². The van der Waals surface area contributed by atoms with Crippen LogP contribution >= 0.6 is 0 Å². The summed E-state index contributed by atoms with van der Waals surface area (Å²) in [5, 5.41) is 4.88. The molecule has 0 saturated carbocycles. The van der Waals surface area contributed by atoms with Crippen molar-refractivity contribution in [1.82, 2.24) is 0 Å². The third kappa shape index (κ3) is 3.86. The predicted molar refractivity (Wildman–Crippen MR) is 106 cm³/mol. The lowest BCUT2D eigenvalue weighted by Crippen LogP contribution is -2.45. The second-order valence-corrected chi connectivity index (χ2v) is 7.98. The predicted octanol–water partition coefficient (Wildman–Crippen LogP) is 3.63. The number of hydrogen-bond acceptors (Lipinski definition) is 3. The van der Waals surface area contributed by atoms with E-state index < -0.39 is 22.0 Å². The number of carbonyl (C=O) groups excluding carboxylic acids is 1. The third-order valence-electron chi connectivity index (χ3n) is 4.12. The van der Waals surface area contributed by atoms with Gasteiger partial charge in [-0.3, -0.25) is 9.10 Å². The number of sulfonamides is 1. The zero-order valence-electron chi connectivity index (χ0n) is 14.6. The fourth-order valence-electron chi connectivity index (χ4n) is 2.90. The molecule has 1 N–H and O–H groups in total. The first kappa shape index (κ1) is 17.9. The molecule has 6 heteroatoms. The van der Waals surface area contributed by atoms with Gasteiger partial charge in [-0.05, 0) is 42.0 Å². The summed E-state index contributed by atoms with van der Waals surface area (Å²) in [5.41, 5.74) is 1.08. The maximum absolute atomic E-state index is 12.7. The molecule has 0 spiro atoms. The quantitative estimate of drug-likeness (QED) is 0.748. The first-order valence-electron chi connectivity index (χ1n) is 8.20. The molecule has 0 aromatic heterocycles. The van der Waals surface area contributed by atoms with Gasteiger partial charge in [-0.15, -0.1) is 0 Å². The van der Waals surface area contributed by atoms with Crippen LogP contribution in [0.15, 0.2) is 72.8 Å². The molecule has 26 heavy (non-hydrogen) atoms. The highest BCUT2D eigenvalue weighted by molar-refractivity contribution is 7.92. The van der Waals surface area contributed by atoms with E-state index in [0.29, 0.717) is 11.4 Å². The number of fused-ring (bicyclic) bond motifs is 1. The lowest BCUT2D eigenvalue weighted by Gasteiger charge is -2.28. The normalized spacial score (nSPS) is 12.5. The van der Waals surface area contributed by atoms with Crippen LogP contribution in [-0.4, -0.2) is 26.6 Å². The van der Waals surface area contributed by atoms with E-state index in [4.69, 9.17) is 0 Å². The molecule has 0 fully saturated rings. The van der Waals surface area contributed by atoms with E-state index in [0.717, 1.165) is 21.3 Å². The Morgan fingerprint density at radius 3 is 2.19 bits per heavy atom. The molecule has 0 saturated heterocycles. The summed E-state index contributed by atoms with van der Waals surface area (Å²) >= 11 is 0. The summed E-state index contributed by atoms with van der Waals surface area (Å²) in [6, 6.07) is 21.1. The molecule has 0 aliphatic rings. The van der Waals surface area contributed by atoms with Crippen molar-refractivity contribution in [1.29, 1.82) is 0 Å². The number of hydrogen-bond donors (Lipinski definition) is 1. The summed E-state index contributed by atoms with van der Waals surface area (Å²) in [5.74, 6) is -0.394. The molecule has 3 aromatic rings. The van der Waals surface area contributed by atoms with Crippen LogP contribution in [0, 0.1) is 0 Å². The van der Waals surface area contributed by atoms with Crippen LogP contribution in [0.3, 0.4) is 0 Å². The van der Waals surface area contributed by atoms with E-state index >= 15 is 0 Å². The van der Waals surface area contributed by atoms with Gasteiger partial charge < -0.3 is 5.32 Å². The van der Waals surface area contributed by atoms with Gasteiger partial charge in [-0.25, -0.2) is 8.42 Å². The second kappa shape index (κ2) is 7.17. The van der Waals surface area contributed by atoms with Crippen LogP contribution in [0.25, 0.3) is 10.8 Å².